The average molecular weight is 403 g/mol. The first-order chi connectivity index (χ1) is 13.1. The second-order valence-electron chi connectivity index (χ2n) is 6.56. The standard InChI is InChI=1S/C19H19ClN4O2S/c1-23(18(25)11-27-19-22-21-12-24(19)15-6-7-15)10-16-8-9-17(26-16)13-2-4-14(20)5-3-13/h2-5,8-9,12,15H,6-7,10-11H2,1H3. The third kappa shape index (κ3) is 4.36. The van der Waals surface area contributed by atoms with Gasteiger partial charge in [-0.15, -0.1) is 10.2 Å². The molecule has 0 radical (unpaired) electrons. The molecule has 0 N–H and O–H groups in total. The number of furan rings is 1. The molecule has 0 bridgehead atoms. The molecule has 1 amide bonds. The van der Waals surface area contributed by atoms with Crippen molar-refractivity contribution in [3.05, 3.63) is 53.5 Å². The first-order valence-corrected chi connectivity index (χ1v) is 10.1. The number of halogens is 1. The Morgan fingerprint density at radius 1 is 1.30 bits per heavy atom. The van der Waals surface area contributed by atoms with Crippen molar-refractivity contribution < 1.29 is 9.21 Å². The normalized spacial score (nSPS) is 13.7. The second kappa shape index (κ2) is 7.78. The molecule has 1 aliphatic rings. The number of nitrogens with zero attached hydrogens (tertiary/aromatic N) is 4. The van der Waals surface area contributed by atoms with E-state index in [9.17, 15) is 4.79 Å². The van der Waals surface area contributed by atoms with E-state index >= 15 is 0 Å². The number of carbonyl (C=O) groups excluding carboxylic acids is 1. The van der Waals surface area contributed by atoms with E-state index in [1.54, 1.807) is 18.3 Å². The minimum absolute atomic E-state index is 0.0230. The molecule has 3 aromatic rings. The van der Waals surface area contributed by atoms with Crippen LogP contribution in [0.3, 0.4) is 0 Å². The van der Waals surface area contributed by atoms with Crippen LogP contribution in [0.15, 0.2) is 52.3 Å². The summed E-state index contributed by atoms with van der Waals surface area (Å²) in [7, 11) is 1.78. The molecule has 8 heteroatoms. The van der Waals surface area contributed by atoms with Crippen LogP contribution in [0.4, 0.5) is 0 Å². The summed E-state index contributed by atoms with van der Waals surface area (Å²) in [6.07, 6.45) is 4.07. The lowest BCUT2D eigenvalue weighted by molar-refractivity contribution is -0.127. The van der Waals surface area contributed by atoms with Crippen LogP contribution in [0.2, 0.25) is 5.02 Å². The Balaban J connectivity index is 1.33. The highest BCUT2D eigenvalue weighted by Crippen LogP contribution is 2.37. The maximum absolute atomic E-state index is 12.4. The van der Waals surface area contributed by atoms with Gasteiger partial charge in [-0.1, -0.05) is 23.4 Å². The van der Waals surface area contributed by atoms with Gasteiger partial charge in [0, 0.05) is 23.7 Å². The Morgan fingerprint density at radius 3 is 2.81 bits per heavy atom. The number of carbonyl (C=O) groups is 1. The van der Waals surface area contributed by atoms with E-state index in [1.165, 1.54) is 11.8 Å². The molecule has 1 saturated carbocycles. The minimum atomic E-state index is 0.0230. The van der Waals surface area contributed by atoms with E-state index < -0.39 is 0 Å². The number of aromatic nitrogens is 3. The largest absolute Gasteiger partial charge is 0.459 e. The van der Waals surface area contributed by atoms with Gasteiger partial charge in [0.1, 0.15) is 17.8 Å². The predicted octanol–water partition coefficient (Wildman–Crippen LogP) is 4.28. The molecular formula is C19H19ClN4O2S. The molecule has 0 unspecified atom stereocenters. The highest BCUT2D eigenvalue weighted by Gasteiger charge is 2.26. The Kier molecular flexibility index (Phi) is 5.22. The third-order valence-electron chi connectivity index (χ3n) is 4.41. The summed E-state index contributed by atoms with van der Waals surface area (Å²) >= 11 is 7.35. The fourth-order valence-corrected chi connectivity index (χ4v) is 3.78. The molecule has 0 spiro atoms. The fraction of sp³-hybridized carbons (Fsp3) is 0.316. The number of hydrogen-bond donors (Lipinski definition) is 0. The average Bonchev–Trinajstić information content (AvgIpc) is 3.22. The molecular weight excluding hydrogens is 384 g/mol. The quantitative estimate of drug-likeness (QED) is 0.552. The van der Waals surface area contributed by atoms with Gasteiger partial charge in [0.25, 0.3) is 0 Å². The summed E-state index contributed by atoms with van der Waals surface area (Å²) in [5.74, 6) is 1.85. The van der Waals surface area contributed by atoms with Gasteiger partial charge in [-0.05, 0) is 49.2 Å². The summed E-state index contributed by atoms with van der Waals surface area (Å²) in [5.41, 5.74) is 0.953. The fourth-order valence-electron chi connectivity index (χ4n) is 2.73. The van der Waals surface area contributed by atoms with Crippen LogP contribution in [-0.4, -0.2) is 38.4 Å². The van der Waals surface area contributed by atoms with Gasteiger partial charge in [-0.3, -0.25) is 4.79 Å². The summed E-state index contributed by atoms with van der Waals surface area (Å²) in [6, 6.07) is 11.8. The zero-order valence-corrected chi connectivity index (χ0v) is 16.4. The minimum Gasteiger partial charge on any atom is -0.459 e. The Hall–Kier alpha value is -2.25. The second-order valence-corrected chi connectivity index (χ2v) is 7.94. The molecule has 1 aromatic carbocycles. The molecule has 1 aliphatic carbocycles. The number of hydrogen-bond acceptors (Lipinski definition) is 5. The molecule has 1 fully saturated rings. The number of rotatable bonds is 7. The molecule has 27 heavy (non-hydrogen) atoms. The lowest BCUT2D eigenvalue weighted by Crippen LogP contribution is -2.27. The lowest BCUT2D eigenvalue weighted by Gasteiger charge is -2.15. The first-order valence-electron chi connectivity index (χ1n) is 8.71. The first kappa shape index (κ1) is 18.1. The molecule has 2 aromatic heterocycles. The van der Waals surface area contributed by atoms with E-state index in [4.69, 9.17) is 16.0 Å². The molecule has 0 atom stereocenters. The van der Waals surface area contributed by atoms with Gasteiger partial charge >= 0.3 is 0 Å². The molecule has 0 aliphatic heterocycles. The SMILES string of the molecule is CN(Cc1ccc(-c2ccc(Cl)cc2)o1)C(=O)CSc1nncn1C1CC1. The van der Waals surface area contributed by atoms with Crippen LogP contribution >= 0.6 is 23.4 Å². The van der Waals surface area contributed by atoms with Gasteiger partial charge in [0.2, 0.25) is 5.91 Å². The number of benzene rings is 1. The number of thioether (sulfide) groups is 1. The van der Waals surface area contributed by atoms with Crippen LogP contribution < -0.4 is 0 Å². The summed E-state index contributed by atoms with van der Waals surface area (Å²) in [5, 5.41) is 9.56. The van der Waals surface area contributed by atoms with Crippen LogP contribution in [0.1, 0.15) is 24.6 Å². The summed E-state index contributed by atoms with van der Waals surface area (Å²) < 4.78 is 7.93. The van der Waals surface area contributed by atoms with Crippen LogP contribution in [-0.2, 0) is 11.3 Å². The molecule has 2 heterocycles. The maximum Gasteiger partial charge on any atom is 0.233 e. The summed E-state index contributed by atoms with van der Waals surface area (Å²) in [6.45, 7) is 0.419. The van der Waals surface area contributed by atoms with E-state index in [0.717, 1.165) is 35.1 Å². The zero-order valence-electron chi connectivity index (χ0n) is 14.8. The molecule has 4 rings (SSSR count). The van der Waals surface area contributed by atoms with Crippen LogP contribution in [0, 0.1) is 0 Å². The van der Waals surface area contributed by atoms with Crippen molar-refractivity contribution in [1.82, 2.24) is 19.7 Å². The Morgan fingerprint density at radius 2 is 2.07 bits per heavy atom. The Bertz CT molecular complexity index is 933. The van der Waals surface area contributed by atoms with Crippen LogP contribution in [0.5, 0.6) is 0 Å². The van der Waals surface area contributed by atoms with Gasteiger partial charge < -0.3 is 13.9 Å². The zero-order chi connectivity index (χ0) is 18.8. The monoisotopic (exact) mass is 402 g/mol. The predicted molar refractivity (Wildman–Crippen MR) is 105 cm³/mol. The van der Waals surface area contributed by atoms with Gasteiger partial charge in [-0.25, -0.2) is 0 Å². The van der Waals surface area contributed by atoms with E-state index in [-0.39, 0.29) is 5.91 Å². The van der Waals surface area contributed by atoms with Crippen molar-refractivity contribution in [2.24, 2.45) is 0 Å². The number of amides is 1. The van der Waals surface area contributed by atoms with Crippen molar-refractivity contribution in [1.29, 1.82) is 0 Å². The lowest BCUT2D eigenvalue weighted by atomic mass is 10.2. The maximum atomic E-state index is 12.4. The molecule has 140 valence electrons. The van der Waals surface area contributed by atoms with Gasteiger partial charge in [0.05, 0.1) is 12.3 Å². The van der Waals surface area contributed by atoms with E-state index in [2.05, 4.69) is 14.8 Å². The molecule has 6 nitrogen and oxygen atoms in total. The third-order valence-corrected chi connectivity index (χ3v) is 5.61. The van der Waals surface area contributed by atoms with E-state index in [0.29, 0.717) is 23.4 Å². The highest BCUT2D eigenvalue weighted by atomic mass is 35.5. The van der Waals surface area contributed by atoms with Crippen molar-refractivity contribution in [2.75, 3.05) is 12.8 Å². The van der Waals surface area contributed by atoms with Crippen molar-refractivity contribution in [3.8, 4) is 11.3 Å². The van der Waals surface area contributed by atoms with Gasteiger partial charge in [0.15, 0.2) is 5.16 Å². The highest BCUT2D eigenvalue weighted by molar-refractivity contribution is 7.99. The summed E-state index contributed by atoms with van der Waals surface area (Å²) in [4.78, 5) is 14.1. The van der Waals surface area contributed by atoms with Gasteiger partial charge in [-0.2, -0.15) is 0 Å². The molecule has 0 saturated heterocycles. The van der Waals surface area contributed by atoms with E-state index in [1.807, 2.05) is 36.4 Å². The Labute approximate surface area is 166 Å². The van der Waals surface area contributed by atoms with Crippen LogP contribution in [0.25, 0.3) is 11.3 Å². The van der Waals surface area contributed by atoms with Crippen molar-refractivity contribution in [2.45, 2.75) is 30.6 Å². The van der Waals surface area contributed by atoms with Crippen molar-refractivity contribution >= 4 is 29.3 Å². The topological polar surface area (TPSA) is 64.2 Å². The smallest absolute Gasteiger partial charge is 0.233 e. The van der Waals surface area contributed by atoms with Crippen molar-refractivity contribution in [3.63, 3.8) is 0 Å².